The van der Waals surface area contributed by atoms with E-state index in [-0.39, 0.29) is 34.5 Å². The van der Waals surface area contributed by atoms with Crippen LogP contribution in [0.3, 0.4) is 0 Å². The number of carbonyl (C=O) groups is 2. The van der Waals surface area contributed by atoms with Gasteiger partial charge in [0.15, 0.2) is 18.2 Å². The number of benzene rings is 2. The largest absolute Gasteiger partial charge is 0.493 e. The van der Waals surface area contributed by atoms with Gasteiger partial charge in [0.25, 0.3) is 5.91 Å². The first kappa shape index (κ1) is 36.6. The van der Waals surface area contributed by atoms with Crippen LogP contribution in [-0.2, 0) is 21.4 Å². The van der Waals surface area contributed by atoms with E-state index in [9.17, 15) is 27.9 Å². The van der Waals surface area contributed by atoms with Crippen molar-refractivity contribution in [1.29, 1.82) is 0 Å². The van der Waals surface area contributed by atoms with Crippen LogP contribution in [0.2, 0.25) is 5.02 Å². The van der Waals surface area contributed by atoms with Gasteiger partial charge in [-0.3, -0.25) is 14.2 Å². The Morgan fingerprint density at radius 3 is 2.29 bits per heavy atom. The van der Waals surface area contributed by atoms with Gasteiger partial charge in [0.2, 0.25) is 21.7 Å². The summed E-state index contributed by atoms with van der Waals surface area (Å²) >= 11 is 6.33. The standard InChI is InChI=1S/C34H42ClN5O7S/c1-2-3-4-5-6-7-8-9-10-14-19-37-48(45,46)26-17-18-27(35)28(20-26)38-33(43)31(32(42)29-21-36-24-47-29)40-30(41)23-39(34(40)44)22-25-15-12-11-13-16-25/h11-13,15-18,20-21,23-24,31,37,41H,2-10,14,19,22H2,1H3,(H,38,43). The van der Waals surface area contributed by atoms with Gasteiger partial charge in [-0.25, -0.2) is 27.5 Å². The number of rotatable bonds is 20. The van der Waals surface area contributed by atoms with E-state index >= 15 is 0 Å². The second-order valence-corrected chi connectivity index (χ2v) is 13.8. The number of halogens is 1. The number of Topliss-reactive ketones (excluding diaryl/α,β-unsaturated/α-hetero) is 1. The SMILES string of the molecule is CCCCCCCCCCCCNS(=O)(=O)c1ccc(Cl)c(NC(=O)C(C(=O)c2cnco2)n2c(O)cn(Cc3ccccc3)c2=O)c1. The molecule has 0 saturated carbocycles. The minimum atomic E-state index is -3.96. The van der Waals surface area contributed by atoms with Gasteiger partial charge in [-0.15, -0.1) is 0 Å². The molecule has 3 N–H and O–H groups in total. The second-order valence-electron chi connectivity index (χ2n) is 11.6. The van der Waals surface area contributed by atoms with Crippen molar-refractivity contribution >= 4 is 39.0 Å². The van der Waals surface area contributed by atoms with Crippen LogP contribution in [0.15, 0.2) is 81.4 Å². The maximum atomic E-state index is 13.7. The lowest BCUT2D eigenvalue weighted by molar-refractivity contribution is -0.118. The molecule has 12 nitrogen and oxygen atoms in total. The number of carbonyl (C=O) groups excluding carboxylic acids is 2. The van der Waals surface area contributed by atoms with Crippen LogP contribution in [0.5, 0.6) is 5.88 Å². The van der Waals surface area contributed by atoms with Crippen LogP contribution in [0.25, 0.3) is 0 Å². The predicted octanol–water partition coefficient (Wildman–Crippen LogP) is 6.31. The molecule has 0 spiro atoms. The van der Waals surface area contributed by atoms with Crippen molar-refractivity contribution in [2.24, 2.45) is 0 Å². The molecule has 2 heterocycles. The molecule has 1 atom stereocenters. The second kappa shape index (κ2) is 17.8. The Hall–Kier alpha value is -4.20. The molecule has 0 saturated heterocycles. The van der Waals surface area contributed by atoms with Gasteiger partial charge in [-0.05, 0) is 30.2 Å². The van der Waals surface area contributed by atoms with E-state index in [0.29, 0.717) is 11.0 Å². The van der Waals surface area contributed by atoms with Gasteiger partial charge in [0.05, 0.1) is 34.5 Å². The van der Waals surface area contributed by atoms with Crippen molar-refractivity contribution < 1.29 is 27.5 Å². The minimum absolute atomic E-state index is 0.0129. The maximum Gasteiger partial charge on any atom is 0.332 e. The average Bonchev–Trinajstić information content (AvgIpc) is 3.70. The number of oxazole rings is 1. The molecule has 0 radical (unpaired) electrons. The van der Waals surface area contributed by atoms with Crippen LogP contribution in [0, 0.1) is 0 Å². The zero-order valence-electron chi connectivity index (χ0n) is 26.9. The molecule has 1 unspecified atom stereocenters. The summed E-state index contributed by atoms with van der Waals surface area (Å²) in [5.41, 5.74) is -0.219. The number of anilines is 1. The maximum absolute atomic E-state index is 13.7. The van der Waals surface area contributed by atoms with Gasteiger partial charge in [-0.1, -0.05) is 107 Å². The number of nitrogens with one attached hydrogen (secondary N) is 2. The first-order valence-corrected chi connectivity index (χ1v) is 18.1. The van der Waals surface area contributed by atoms with Crippen molar-refractivity contribution in [2.75, 3.05) is 11.9 Å². The summed E-state index contributed by atoms with van der Waals surface area (Å²) in [4.78, 5) is 44.2. The lowest BCUT2D eigenvalue weighted by atomic mass is 10.1. The first-order valence-electron chi connectivity index (χ1n) is 16.2. The Kier molecular flexibility index (Phi) is 13.6. The number of amides is 1. The molecule has 1 amide bonds. The third-order valence-corrected chi connectivity index (χ3v) is 9.71. The van der Waals surface area contributed by atoms with Crippen molar-refractivity contribution in [3.8, 4) is 5.88 Å². The molecule has 48 heavy (non-hydrogen) atoms. The fraction of sp³-hybridized carbons (Fsp3) is 0.412. The summed E-state index contributed by atoms with van der Waals surface area (Å²) in [7, 11) is -3.96. The van der Waals surface area contributed by atoms with E-state index in [1.54, 1.807) is 24.3 Å². The zero-order chi connectivity index (χ0) is 34.5. The van der Waals surface area contributed by atoms with Crippen molar-refractivity contribution in [3.05, 3.63) is 94.1 Å². The molecule has 0 aliphatic carbocycles. The normalized spacial score (nSPS) is 12.2. The van der Waals surface area contributed by atoms with Gasteiger partial charge >= 0.3 is 5.69 Å². The van der Waals surface area contributed by atoms with Crippen LogP contribution in [0.4, 0.5) is 5.69 Å². The van der Waals surface area contributed by atoms with Crippen LogP contribution in [0.1, 0.15) is 93.3 Å². The lowest BCUT2D eigenvalue weighted by Gasteiger charge is -2.17. The molecule has 14 heteroatoms. The van der Waals surface area contributed by atoms with Crippen molar-refractivity contribution in [1.82, 2.24) is 18.8 Å². The molecule has 0 aliphatic rings. The van der Waals surface area contributed by atoms with Crippen LogP contribution >= 0.6 is 11.6 Å². The highest BCUT2D eigenvalue weighted by Gasteiger charge is 2.36. The molecule has 2 aromatic heterocycles. The van der Waals surface area contributed by atoms with E-state index in [1.165, 1.54) is 56.7 Å². The van der Waals surface area contributed by atoms with Crippen molar-refractivity contribution in [2.45, 2.75) is 88.6 Å². The average molecular weight is 700 g/mol. The Balaban J connectivity index is 1.45. The first-order chi connectivity index (χ1) is 23.1. The molecule has 4 aromatic rings. The number of sulfonamides is 1. The number of nitrogens with zero attached hydrogens (tertiary/aromatic N) is 3. The van der Waals surface area contributed by atoms with Gasteiger partial charge in [-0.2, -0.15) is 0 Å². The highest BCUT2D eigenvalue weighted by molar-refractivity contribution is 7.89. The number of hydrogen-bond acceptors (Lipinski definition) is 8. The summed E-state index contributed by atoms with van der Waals surface area (Å²) < 4.78 is 35.6. The van der Waals surface area contributed by atoms with E-state index in [2.05, 4.69) is 21.9 Å². The number of hydrogen-bond donors (Lipinski definition) is 3. The Bertz CT molecular complexity index is 1800. The monoisotopic (exact) mass is 699 g/mol. The van der Waals surface area contributed by atoms with Gasteiger partial charge in [0.1, 0.15) is 0 Å². The highest BCUT2D eigenvalue weighted by atomic mass is 35.5. The summed E-state index contributed by atoms with van der Waals surface area (Å²) in [6.45, 7) is 2.51. The number of ketones is 1. The summed E-state index contributed by atoms with van der Waals surface area (Å²) in [5.74, 6) is -3.03. The Morgan fingerprint density at radius 1 is 0.979 bits per heavy atom. The highest BCUT2D eigenvalue weighted by Crippen LogP contribution is 2.28. The van der Waals surface area contributed by atoms with E-state index in [1.807, 2.05) is 6.07 Å². The molecule has 0 bridgehead atoms. The third kappa shape index (κ3) is 9.91. The van der Waals surface area contributed by atoms with Crippen LogP contribution in [-0.4, -0.2) is 45.9 Å². The molecule has 2 aromatic carbocycles. The third-order valence-electron chi connectivity index (χ3n) is 7.92. The van der Waals surface area contributed by atoms with E-state index < -0.39 is 39.3 Å². The lowest BCUT2D eigenvalue weighted by Crippen LogP contribution is -2.39. The minimum Gasteiger partial charge on any atom is -0.493 e. The number of aromatic hydroxyl groups is 1. The molecule has 258 valence electrons. The van der Waals surface area contributed by atoms with Crippen molar-refractivity contribution in [3.63, 3.8) is 0 Å². The number of unbranched alkanes of at least 4 members (excludes halogenated alkanes) is 9. The number of aromatic nitrogens is 3. The van der Waals surface area contributed by atoms with E-state index in [0.717, 1.165) is 48.2 Å². The Labute approximate surface area is 285 Å². The molecular formula is C34H42ClN5O7S. The summed E-state index contributed by atoms with van der Waals surface area (Å²) in [6, 6.07) is 10.8. The summed E-state index contributed by atoms with van der Waals surface area (Å²) in [5, 5.41) is 13.2. The quantitative estimate of drug-likeness (QED) is 0.0549. The van der Waals surface area contributed by atoms with Crippen LogP contribution < -0.4 is 15.7 Å². The van der Waals surface area contributed by atoms with E-state index in [4.69, 9.17) is 16.0 Å². The molecule has 0 fully saturated rings. The Morgan fingerprint density at radius 2 is 1.65 bits per heavy atom. The van der Waals surface area contributed by atoms with Gasteiger partial charge in [0, 0.05) is 6.54 Å². The number of imidazole rings is 1. The molecule has 4 rings (SSSR count). The summed E-state index contributed by atoms with van der Waals surface area (Å²) in [6.07, 6.45) is 14.4. The smallest absolute Gasteiger partial charge is 0.332 e. The molecule has 0 aliphatic heterocycles. The fourth-order valence-corrected chi connectivity index (χ4v) is 6.59. The fourth-order valence-electron chi connectivity index (χ4n) is 5.33. The van der Waals surface area contributed by atoms with Gasteiger partial charge < -0.3 is 14.8 Å². The predicted molar refractivity (Wildman–Crippen MR) is 183 cm³/mol. The molecular weight excluding hydrogens is 658 g/mol. The topological polar surface area (TPSA) is 166 Å². The zero-order valence-corrected chi connectivity index (χ0v) is 28.5.